The van der Waals surface area contributed by atoms with Crippen LogP contribution in [0.3, 0.4) is 0 Å². The fourth-order valence-corrected chi connectivity index (χ4v) is 3.46. The highest BCUT2D eigenvalue weighted by Gasteiger charge is 2.16. The molecule has 0 aliphatic carbocycles. The molecule has 0 fully saturated rings. The number of carbonyl (C=O) groups is 1. The minimum atomic E-state index is -0.222. The van der Waals surface area contributed by atoms with Crippen molar-refractivity contribution < 1.29 is 4.79 Å². The van der Waals surface area contributed by atoms with Crippen LogP contribution >= 0.6 is 27.7 Å². The molecule has 1 atom stereocenters. The first-order valence-corrected chi connectivity index (χ1v) is 10.6. The molecule has 2 aromatic heterocycles. The van der Waals surface area contributed by atoms with Gasteiger partial charge in [-0.1, -0.05) is 33.8 Å². The van der Waals surface area contributed by atoms with Crippen LogP contribution in [0.1, 0.15) is 24.4 Å². The molecule has 0 spiro atoms. The lowest BCUT2D eigenvalue weighted by atomic mass is 10.2. The maximum absolute atomic E-state index is 12.0. The second-order valence-electron chi connectivity index (χ2n) is 6.14. The Balaban J connectivity index is 1.51. The highest BCUT2D eigenvalue weighted by atomic mass is 79.9. The Hall–Kier alpha value is -2.72. The number of aromatic nitrogens is 4. The van der Waals surface area contributed by atoms with Gasteiger partial charge in [-0.2, -0.15) is 5.10 Å². The van der Waals surface area contributed by atoms with E-state index in [1.807, 2.05) is 48.9 Å². The molecule has 1 aromatic carbocycles. The number of amides is 1. The third-order valence-electron chi connectivity index (χ3n) is 3.90. The van der Waals surface area contributed by atoms with Crippen molar-refractivity contribution in [3.63, 3.8) is 0 Å². The molecule has 10 heteroatoms. The second kappa shape index (κ2) is 10.2. The number of rotatable bonds is 8. The number of benzene rings is 1. The first-order valence-electron chi connectivity index (χ1n) is 8.79. The van der Waals surface area contributed by atoms with E-state index in [0.29, 0.717) is 5.16 Å². The Kier molecular flexibility index (Phi) is 7.36. The summed E-state index contributed by atoms with van der Waals surface area (Å²) in [6.07, 6.45) is 4.89. The van der Waals surface area contributed by atoms with Crippen LogP contribution in [0, 0.1) is 0 Å². The average Bonchev–Trinajstić information content (AvgIpc) is 3.09. The van der Waals surface area contributed by atoms with Crippen molar-refractivity contribution in [3.05, 3.63) is 64.7 Å². The largest absolute Gasteiger partial charge is 0.375 e. The van der Waals surface area contributed by atoms with Crippen LogP contribution in [0.5, 0.6) is 0 Å². The van der Waals surface area contributed by atoms with Gasteiger partial charge in [-0.3, -0.25) is 9.78 Å². The molecule has 8 nitrogen and oxygen atoms in total. The maximum atomic E-state index is 12.0. The predicted octanol–water partition coefficient (Wildman–Crippen LogP) is 3.39. The third-order valence-corrected chi connectivity index (χ3v) is 5.45. The number of nitrogens with one attached hydrogen (secondary N) is 2. The van der Waals surface area contributed by atoms with Crippen LogP contribution < -0.4 is 10.7 Å². The van der Waals surface area contributed by atoms with Crippen LogP contribution in [-0.4, -0.2) is 37.6 Å². The summed E-state index contributed by atoms with van der Waals surface area (Å²) < 4.78 is 2.91. The maximum Gasteiger partial charge on any atom is 0.250 e. The highest BCUT2D eigenvalue weighted by Crippen LogP contribution is 2.23. The lowest BCUT2D eigenvalue weighted by Crippen LogP contribution is -2.20. The summed E-state index contributed by atoms with van der Waals surface area (Å²) in [5.41, 5.74) is 4.30. The molecular formula is C19H20BrN7OS. The molecule has 29 heavy (non-hydrogen) atoms. The van der Waals surface area contributed by atoms with Crippen molar-refractivity contribution in [1.29, 1.82) is 0 Å². The van der Waals surface area contributed by atoms with Crippen molar-refractivity contribution >= 4 is 45.5 Å². The predicted molar refractivity (Wildman–Crippen MR) is 118 cm³/mol. The van der Waals surface area contributed by atoms with E-state index in [1.54, 1.807) is 24.7 Å². The number of hydrogen-bond acceptors (Lipinski definition) is 7. The van der Waals surface area contributed by atoms with Crippen molar-refractivity contribution in [2.24, 2.45) is 12.1 Å². The Morgan fingerprint density at radius 3 is 2.83 bits per heavy atom. The van der Waals surface area contributed by atoms with E-state index in [9.17, 15) is 4.79 Å². The lowest BCUT2D eigenvalue weighted by Gasteiger charge is -2.14. The molecule has 1 amide bonds. The van der Waals surface area contributed by atoms with Gasteiger partial charge < -0.3 is 9.88 Å². The molecular weight excluding hydrogens is 454 g/mol. The number of carbonyl (C=O) groups excluding carboxylic acids is 1. The minimum absolute atomic E-state index is 0.0408. The summed E-state index contributed by atoms with van der Waals surface area (Å²) in [5.74, 6) is 0.747. The molecule has 3 rings (SSSR count). The zero-order valence-corrected chi connectivity index (χ0v) is 18.3. The Labute approximate surface area is 181 Å². The summed E-state index contributed by atoms with van der Waals surface area (Å²) >= 11 is 4.73. The smallest absolute Gasteiger partial charge is 0.250 e. The molecule has 1 unspecified atom stereocenters. The third kappa shape index (κ3) is 6.13. The van der Waals surface area contributed by atoms with Gasteiger partial charge in [-0.05, 0) is 37.3 Å². The first-order chi connectivity index (χ1) is 14.0. The Bertz CT molecular complexity index is 976. The van der Waals surface area contributed by atoms with Gasteiger partial charge in [-0.15, -0.1) is 10.2 Å². The molecule has 3 aromatic rings. The summed E-state index contributed by atoms with van der Waals surface area (Å²) in [7, 11) is 1.88. The quantitative estimate of drug-likeness (QED) is 0.295. The number of pyridine rings is 1. The van der Waals surface area contributed by atoms with E-state index in [0.717, 1.165) is 21.5 Å². The lowest BCUT2D eigenvalue weighted by molar-refractivity contribution is -0.118. The molecule has 0 saturated carbocycles. The fourth-order valence-electron chi connectivity index (χ4n) is 2.48. The van der Waals surface area contributed by atoms with Gasteiger partial charge >= 0.3 is 0 Å². The minimum Gasteiger partial charge on any atom is -0.375 e. The number of hydrogen-bond donors (Lipinski definition) is 2. The SMILES string of the molecule is CC(Nc1ccc(Br)cc1)c1nnc(SCC(=O)NN=Cc2cccnc2)n1C. The van der Waals surface area contributed by atoms with Crippen molar-refractivity contribution in [3.8, 4) is 0 Å². The monoisotopic (exact) mass is 473 g/mol. The second-order valence-corrected chi connectivity index (χ2v) is 8.00. The zero-order valence-electron chi connectivity index (χ0n) is 15.9. The molecule has 0 bridgehead atoms. The van der Waals surface area contributed by atoms with E-state index in [2.05, 4.69) is 47.0 Å². The normalized spacial score (nSPS) is 12.1. The number of nitrogens with zero attached hydrogens (tertiary/aromatic N) is 5. The molecule has 0 aliphatic heterocycles. The number of thioether (sulfide) groups is 1. The van der Waals surface area contributed by atoms with E-state index >= 15 is 0 Å². The summed E-state index contributed by atoms with van der Waals surface area (Å²) in [6, 6.07) is 11.5. The van der Waals surface area contributed by atoms with Crippen LogP contribution in [0.15, 0.2) is 63.5 Å². The van der Waals surface area contributed by atoms with Gasteiger partial charge in [0.1, 0.15) is 0 Å². The van der Waals surface area contributed by atoms with Crippen LogP contribution in [-0.2, 0) is 11.8 Å². The molecule has 2 heterocycles. The van der Waals surface area contributed by atoms with Gasteiger partial charge in [0.05, 0.1) is 18.0 Å². The van der Waals surface area contributed by atoms with Gasteiger partial charge in [-0.25, -0.2) is 5.43 Å². The highest BCUT2D eigenvalue weighted by molar-refractivity contribution is 9.10. The van der Waals surface area contributed by atoms with E-state index in [4.69, 9.17) is 0 Å². The molecule has 150 valence electrons. The van der Waals surface area contributed by atoms with Gasteiger partial charge in [0.15, 0.2) is 11.0 Å². The Morgan fingerprint density at radius 1 is 1.31 bits per heavy atom. The van der Waals surface area contributed by atoms with Gasteiger partial charge in [0.25, 0.3) is 5.91 Å². The van der Waals surface area contributed by atoms with Crippen LogP contribution in [0.4, 0.5) is 5.69 Å². The number of anilines is 1. The zero-order chi connectivity index (χ0) is 20.6. The number of hydrazone groups is 1. The van der Waals surface area contributed by atoms with Crippen LogP contribution in [0.2, 0.25) is 0 Å². The summed E-state index contributed by atoms with van der Waals surface area (Å²) in [5, 5.41) is 16.4. The molecule has 0 radical (unpaired) electrons. The van der Waals surface area contributed by atoms with Crippen molar-refractivity contribution in [2.45, 2.75) is 18.1 Å². The fraction of sp³-hybridized carbons (Fsp3) is 0.211. The van der Waals surface area contributed by atoms with Crippen LogP contribution in [0.25, 0.3) is 0 Å². The number of halogens is 1. The first kappa shape index (κ1) is 21.0. The topological polar surface area (TPSA) is 97.1 Å². The van der Waals surface area contributed by atoms with E-state index in [1.165, 1.54) is 11.8 Å². The Morgan fingerprint density at radius 2 is 2.10 bits per heavy atom. The van der Waals surface area contributed by atoms with Crippen molar-refractivity contribution in [1.82, 2.24) is 25.2 Å². The average molecular weight is 474 g/mol. The molecule has 2 N–H and O–H groups in total. The molecule has 0 aliphatic rings. The van der Waals surface area contributed by atoms with Gasteiger partial charge in [0, 0.05) is 35.2 Å². The van der Waals surface area contributed by atoms with Crippen molar-refractivity contribution in [2.75, 3.05) is 11.1 Å². The van der Waals surface area contributed by atoms with E-state index < -0.39 is 0 Å². The van der Waals surface area contributed by atoms with Gasteiger partial charge in [0.2, 0.25) is 0 Å². The molecule has 0 saturated heterocycles. The van der Waals surface area contributed by atoms with E-state index in [-0.39, 0.29) is 17.7 Å². The standard InChI is InChI=1S/C19H20BrN7OS/c1-13(23-16-7-5-15(20)6-8-16)18-25-26-19(27(18)2)29-12-17(28)24-22-11-14-4-3-9-21-10-14/h3-11,13,23H,12H2,1-2H3,(H,24,28). The summed E-state index contributed by atoms with van der Waals surface area (Å²) in [4.78, 5) is 16.0. The summed E-state index contributed by atoms with van der Waals surface area (Å²) in [6.45, 7) is 2.01.